The number of nitrogens with zero attached hydrogens (tertiary/aromatic N) is 2. The van der Waals surface area contributed by atoms with Crippen molar-refractivity contribution in [3.05, 3.63) is 0 Å². The predicted molar refractivity (Wildman–Crippen MR) is 59.1 cm³/mol. The molecule has 1 amide bonds. The summed E-state index contributed by atoms with van der Waals surface area (Å²) in [5.74, 6) is 0.192. The summed E-state index contributed by atoms with van der Waals surface area (Å²) in [5, 5.41) is 9.19. The smallest absolute Gasteiger partial charge is 0.236 e. The molecule has 1 atom stereocenters. The van der Waals surface area contributed by atoms with Crippen LogP contribution in [0.5, 0.6) is 0 Å². The first-order valence-corrected chi connectivity index (χ1v) is 6.01. The zero-order valence-electron chi connectivity index (χ0n) is 9.60. The Bertz CT molecular complexity index is 241. The van der Waals surface area contributed by atoms with Crippen LogP contribution in [0.4, 0.5) is 0 Å². The van der Waals surface area contributed by atoms with E-state index in [9.17, 15) is 9.90 Å². The number of hydrogen-bond donors (Lipinski definition) is 1. The third-order valence-corrected chi connectivity index (χ3v) is 3.36. The molecule has 1 N–H and O–H groups in total. The molecule has 5 heteroatoms. The Balaban J connectivity index is 1.84. The number of carbonyl (C=O) groups excluding carboxylic acids is 1. The van der Waals surface area contributed by atoms with E-state index in [1.807, 2.05) is 9.80 Å². The molecule has 1 unspecified atom stereocenters. The maximum Gasteiger partial charge on any atom is 0.236 e. The Hall–Kier alpha value is -0.650. The summed E-state index contributed by atoms with van der Waals surface area (Å²) in [6.07, 6.45) is 2.25. The van der Waals surface area contributed by atoms with Gasteiger partial charge >= 0.3 is 0 Å². The first-order chi connectivity index (χ1) is 7.81. The van der Waals surface area contributed by atoms with Crippen LogP contribution in [0.3, 0.4) is 0 Å². The normalized spacial score (nSPS) is 27.3. The van der Waals surface area contributed by atoms with Crippen molar-refractivity contribution in [3.63, 3.8) is 0 Å². The fraction of sp³-hybridized carbons (Fsp3) is 0.909. The summed E-state index contributed by atoms with van der Waals surface area (Å²) < 4.78 is 5.28. The Labute approximate surface area is 96.0 Å². The predicted octanol–water partition coefficient (Wildman–Crippen LogP) is -0.698. The number of amides is 1. The van der Waals surface area contributed by atoms with Crippen LogP contribution in [0.1, 0.15) is 12.8 Å². The SMILES string of the molecule is O=C(CN1CCOCC1CO)N1CCCC1. The van der Waals surface area contributed by atoms with Gasteiger partial charge in [0, 0.05) is 19.6 Å². The van der Waals surface area contributed by atoms with Gasteiger partial charge in [-0.15, -0.1) is 0 Å². The third-order valence-electron chi connectivity index (χ3n) is 3.36. The lowest BCUT2D eigenvalue weighted by Gasteiger charge is -2.34. The highest BCUT2D eigenvalue weighted by atomic mass is 16.5. The van der Waals surface area contributed by atoms with Crippen LogP contribution >= 0.6 is 0 Å². The molecule has 0 aliphatic carbocycles. The number of likely N-dealkylation sites (tertiary alicyclic amines) is 1. The summed E-state index contributed by atoms with van der Waals surface area (Å²) in [5.41, 5.74) is 0. The van der Waals surface area contributed by atoms with E-state index in [2.05, 4.69) is 0 Å². The molecule has 5 nitrogen and oxygen atoms in total. The molecule has 0 radical (unpaired) electrons. The molecular weight excluding hydrogens is 208 g/mol. The van der Waals surface area contributed by atoms with Crippen LogP contribution < -0.4 is 0 Å². The van der Waals surface area contributed by atoms with Gasteiger partial charge in [-0.25, -0.2) is 0 Å². The first-order valence-electron chi connectivity index (χ1n) is 6.01. The number of rotatable bonds is 3. The average Bonchev–Trinajstić information content (AvgIpc) is 2.83. The second-order valence-corrected chi connectivity index (χ2v) is 4.47. The van der Waals surface area contributed by atoms with E-state index in [4.69, 9.17) is 4.74 Å². The van der Waals surface area contributed by atoms with Gasteiger partial charge in [0.1, 0.15) is 0 Å². The van der Waals surface area contributed by atoms with Crippen molar-refractivity contribution in [1.29, 1.82) is 0 Å². The minimum Gasteiger partial charge on any atom is -0.395 e. The number of aliphatic hydroxyl groups excluding tert-OH is 1. The fourth-order valence-corrected chi connectivity index (χ4v) is 2.31. The molecule has 0 aromatic heterocycles. The molecule has 2 saturated heterocycles. The molecule has 0 spiro atoms. The van der Waals surface area contributed by atoms with Gasteiger partial charge in [-0.2, -0.15) is 0 Å². The van der Waals surface area contributed by atoms with Crippen molar-refractivity contribution in [2.45, 2.75) is 18.9 Å². The lowest BCUT2D eigenvalue weighted by Crippen LogP contribution is -2.51. The van der Waals surface area contributed by atoms with Crippen molar-refractivity contribution in [3.8, 4) is 0 Å². The van der Waals surface area contributed by atoms with E-state index in [1.54, 1.807) is 0 Å². The monoisotopic (exact) mass is 228 g/mol. The summed E-state index contributed by atoms with van der Waals surface area (Å²) in [6, 6.07) is -0.0136. The summed E-state index contributed by atoms with van der Waals surface area (Å²) in [7, 11) is 0. The topological polar surface area (TPSA) is 53.0 Å². The summed E-state index contributed by atoms with van der Waals surface area (Å²) in [4.78, 5) is 15.9. The molecule has 0 bridgehead atoms. The molecule has 2 heterocycles. The molecule has 0 saturated carbocycles. The van der Waals surface area contributed by atoms with E-state index in [0.717, 1.165) is 32.5 Å². The molecule has 2 aliphatic rings. The molecule has 2 aliphatic heterocycles. The summed E-state index contributed by atoms with van der Waals surface area (Å²) in [6.45, 7) is 4.21. The Morgan fingerprint density at radius 2 is 2.06 bits per heavy atom. The fourth-order valence-electron chi connectivity index (χ4n) is 2.31. The van der Waals surface area contributed by atoms with Gasteiger partial charge in [0.15, 0.2) is 0 Å². The lowest BCUT2D eigenvalue weighted by molar-refractivity contribution is -0.134. The van der Waals surface area contributed by atoms with Crippen molar-refractivity contribution < 1.29 is 14.6 Å². The standard InChI is InChI=1S/C11H20N2O3/c14-8-10-9-16-6-5-13(10)7-11(15)12-3-1-2-4-12/h10,14H,1-9H2. The van der Waals surface area contributed by atoms with Crippen LogP contribution in [0, 0.1) is 0 Å². The van der Waals surface area contributed by atoms with E-state index in [1.165, 1.54) is 0 Å². The van der Waals surface area contributed by atoms with Gasteiger partial charge < -0.3 is 14.7 Å². The minimum absolute atomic E-state index is 0.0136. The molecule has 2 fully saturated rings. The number of aliphatic hydroxyl groups is 1. The van der Waals surface area contributed by atoms with Gasteiger partial charge in [0.2, 0.25) is 5.91 Å². The largest absolute Gasteiger partial charge is 0.395 e. The second kappa shape index (κ2) is 5.61. The quantitative estimate of drug-likeness (QED) is 0.694. The van der Waals surface area contributed by atoms with Crippen LogP contribution in [0.2, 0.25) is 0 Å². The van der Waals surface area contributed by atoms with Gasteiger partial charge in [-0.3, -0.25) is 9.69 Å². The van der Waals surface area contributed by atoms with Crippen LogP contribution in [0.15, 0.2) is 0 Å². The highest BCUT2D eigenvalue weighted by Crippen LogP contribution is 2.11. The lowest BCUT2D eigenvalue weighted by atomic mass is 10.2. The maximum atomic E-state index is 11.9. The molecule has 2 rings (SSSR count). The molecule has 0 aromatic carbocycles. The van der Waals surface area contributed by atoms with Crippen LogP contribution in [-0.4, -0.2) is 72.9 Å². The number of ether oxygens (including phenoxy) is 1. The summed E-state index contributed by atoms with van der Waals surface area (Å²) >= 11 is 0. The molecular formula is C11H20N2O3. The number of hydrogen-bond acceptors (Lipinski definition) is 4. The Kier molecular flexibility index (Phi) is 4.15. The Morgan fingerprint density at radius 3 is 2.75 bits per heavy atom. The molecule has 16 heavy (non-hydrogen) atoms. The average molecular weight is 228 g/mol. The zero-order chi connectivity index (χ0) is 11.4. The van der Waals surface area contributed by atoms with Crippen molar-refractivity contribution >= 4 is 5.91 Å². The van der Waals surface area contributed by atoms with E-state index in [0.29, 0.717) is 19.8 Å². The van der Waals surface area contributed by atoms with E-state index in [-0.39, 0.29) is 18.6 Å². The van der Waals surface area contributed by atoms with Gasteiger partial charge in [-0.05, 0) is 12.8 Å². The highest BCUT2D eigenvalue weighted by molar-refractivity contribution is 5.78. The van der Waals surface area contributed by atoms with Crippen molar-refractivity contribution in [1.82, 2.24) is 9.80 Å². The van der Waals surface area contributed by atoms with Gasteiger partial charge in [0.25, 0.3) is 0 Å². The van der Waals surface area contributed by atoms with Crippen molar-refractivity contribution in [2.24, 2.45) is 0 Å². The zero-order valence-corrected chi connectivity index (χ0v) is 9.60. The van der Waals surface area contributed by atoms with E-state index < -0.39 is 0 Å². The first kappa shape index (κ1) is 11.8. The third kappa shape index (κ3) is 2.72. The van der Waals surface area contributed by atoms with Crippen LogP contribution in [0.25, 0.3) is 0 Å². The van der Waals surface area contributed by atoms with Crippen LogP contribution in [-0.2, 0) is 9.53 Å². The van der Waals surface area contributed by atoms with E-state index >= 15 is 0 Å². The number of morpholine rings is 1. The maximum absolute atomic E-state index is 11.9. The van der Waals surface area contributed by atoms with Gasteiger partial charge in [-0.1, -0.05) is 0 Å². The molecule has 92 valence electrons. The molecule has 0 aromatic rings. The Morgan fingerprint density at radius 1 is 1.31 bits per heavy atom. The van der Waals surface area contributed by atoms with Crippen molar-refractivity contribution in [2.75, 3.05) is 46.0 Å². The number of carbonyl (C=O) groups is 1. The highest BCUT2D eigenvalue weighted by Gasteiger charge is 2.26. The minimum atomic E-state index is -0.0136. The van der Waals surface area contributed by atoms with Gasteiger partial charge in [0.05, 0.1) is 32.4 Å². The second-order valence-electron chi connectivity index (χ2n) is 4.47.